The number of aromatic nitrogens is 2. The summed E-state index contributed by atoms with van der Waals surface area (Å²) in [5.74, 6) is 0.867. The van der Waals surface area contributed by atoms with E-state index < -0.39 is 0 Å². The van der Waals surface area contributed by atoms with E-state index in [2.05, 4.69) is 10.00 Å². The van der Waals surface area contributed by atoms with Crippen molar-refractivity contribution in [3.05, 3.63) is 47.3 Å². The molecule has 0 aliphatic carbocycles. The molecular weight excluding hydrogens is 266 g/mol. The number of carbonyl (C=O) groups is 1. The van der Waals surface area contributed by atoms with Gasteiger partial charge in [0, 0.05) is 43.0 Å². The third-order valence-electron chi connectivity index (χ3n) is 3.34. The Labute approximate surface area is 125 Å². The highest BCUT2D eigenvalue weighted by Gasteiger charge is 2.10. The Morgan fingerprint density at radius 3 is 2.71 bits per heavy atom. The van der Waals surface area contributed by atoms with E-state index in [1.807, 2.05) is 38.6 Å². The Kier molecular flexibility index (Phi) is 4.75. The fraction of sp³-hybridized carbons (Fsp3) is 0.375. The number of hydrogen-bond acceptors (Lipinski definition) is 4. The van der Waals surface area contributed by atoms with Gasteiger partial charge in [-0.25, -0.2) is 0 Å². The summed E-state index contributed by atoms with van der Waals surface area (Å²) in [4.78, 5) is 13.7. The van der Waals surface area contributed by atoms with Crippen LogP contribution in [0.5, 0.6) is 5.75 Å². The molecule has 0 radical (unpaired) electrons. The minimum absolute atomic E-state index is 0.0637. The van der Waals surface area contributed by atoms with Crippen LogP contribution in [0.3, 0.4) is 0 Å². The van der Waals surface area contributed by atoms with E-state index >= 15 is 0 Å². The van der Waals surface area contributed by atoms with Gasteiger partial charge in [0.05, 0.1) is 13.3 Å². The minimum Gasteiger partial charge on any atom is -0.496 e. The van der Waals surface area contributed by atoms with Gasteiger partial charge in [-0.1, -0.05) is 0 Å². The molecule has 0 unspecified atom stereocenters. The molecule has 0 fully saturated rings. The Morgan fingerprint density at radius 2 is 2.14 bits per heavy atom. The molecule has 5 heteroatoms. The number of methoxy groups -OCH3 is 1. The Bertz CT molecular complexity index is 634. The summed E-state index contributed by atoms with van der Waals surface area (Å²) in [6.45, 7) is 3.07. The first-order valence-electron chi connectivity index (χ1n) is 6.83. The molecule has 1 heterocycles. The van der Waals surface area contributed by atoms with E-state index in [-0.39, 0.29) is 5.78 Å². The SMILES string of the molecule is COc1ccc(C(C)=O)cc1CN(C)Cc1cnn(C)c1. The van der Waals surface area contributed by atoms with Crippen molar-refractivity contribution in [3.63, 3.8) is 0 Å². The lowest BCUT2D eigenvalue weighted by atomic mass is 10.1. The van der Waals surface area contributed by atoms with Gasteiger partial charge in [-0.2, -0.15) is 5.10 Å². The zero-order chi connectivity index (χ0) is 15.4. The number of Topliss-reactive ketones (excluding diaryl/α,β-unsaturated/α-hetero) is 1. The smallest absolute Gasteiger partial charge is 0.159 e. The van der Waals surface area contributed by atoms with Crippen LogP contribution in [-0.2, 0) is 20.1 Å². The number of rotatable bonds is 6. The van der Waals surface area contributed by atoms with Gasteiger partial charge in [-0.05, 0) is 32.2 Å². The van der Waals surface area contributed by atoms with Crippen LogP contribution in [0, 0.1) is 0 Å². The molecule has 0 atom stereocenters. The van der Waals surface area contributed by atoms with Crippen molar-refractivity contribution in [1.82, 2.24) is 14.7 Å². The Balaban J connectivity index is 2.13. The van der Waals surface area contributed by atoms with Gasteiger partial charge >= 0.3 is 0 Å². The zero-order valence-electron chi connectivity index (χ0n) is 13.0. The average molecular weight is 287 g/mol. The molecule has 2 aromatic rings. The van der Waals surface area contributed by atoms with Crippen LogP contribution in [0.1, 0.15) is 28.4 Å². The van der Waals surface area contributed by atoms with Crippen molar-refractivity contribution in [2.24, 2.45) is 7.05 Å². The summed E-state index contributed by atoms with van der Waals surface area (Å²) in [6.07, 6.45) is 3.86. The van der Waals surface area contributed by atoms with Gasteiger partial charge in [-0.15, -0.1) is 0 Å². The van der Waals surface area contributed by atoms with Crippen LogP contribution in [0.25, 0.3) is 0 Å². The van der Waals surface area contributed by atoms with Crippen molar-refractivity contribution in [2.75, 3.05) is 14.2 Å². The zero-order valence-corrected chi connectivity index (χ0v) is 13.0. The fourth-order valence-corrected chi connectivity index (χ4v) is 2.33. The molecule has 5 nitrogen and oxygen atoms in total. The Hall–Kier alpha value is -2.14. The molecule has 0 aliphatic heterocycles. The molecule has 1 aromatic heterocycles. The highest BCUT2D eigenvalue weighted by molar-refractivity contribution is 5.94. The van der Waals surface area contributed by atoms with E-state index in [4.69, 9.17) is 4.74 Å². The molecule has 0 amide bonds. The number of carbonyl (C=O) groups excluding carboxylic acids is 1. The van der Waals surface area contributed by atoms with Crippen LogP contribution < -0.4 is 4.74 Å². The number of benzene rings is 1. The molecule has 1 aromatic carbocycles. The summed E-state index contributed by atoms with van der Waals surface area (Å²) in [7, 11) is 5.59. The fourth-order valence-electron chi connectivity index (χ4n) is 2.33. The number of aryl methyl sites for hydroxylation is 1. The van der Waals surface area contributed by atoms with Gasteiger partial charge in [0.25, 0.3) is 0 Å². The van der Waals surface area contributed by atoms with Crippen molar-refractivity contribution in [3.8, 4) is 5.75 Å². The molecule has 0 aliphatic rings. The highest BCUT2D eigenvalue weighted by atomic mass is 16.5. The number of hydrogen-bond donors (Lipinski definition) is 0. The van der Waals surface area contributed by atoms with Crippen LogP contribution in [0.15, 0.2) is 30.6 Å². The maximum atomic E-state index is 11.5. The minimum atomic E-state index is 0.0637. The third kappa shape index (κ3) is 3.92. The third-order valence-corrected chi connectivity index (χ3v) is 3.34. The summed E-state index contributed by atoms with van der Waals surface area (Å²) >= 11 is 0. The summed E-state index contributed by atoms with van der Waals surface area (Å²) in [5, 5.41) is 4.17. The summed E-state index contributed by atoms with van der Waals surface area (Å²) in [5.41, 5.74) is 2.87. The molecule has 0 bridgehead atoms. The maximum absolute atomic E-state index is 11.5. The van der Waals surface area contributed by atoms with E-state index in [1.165, 1.54) is 0 Å². The van der Waals surface area contributed by atoms with Gasteiger partial charge in [0.15, 0.2) is 5.78 Å². The number of ether oxygens (including phenoxy) is 1. The predicted molar refractivity (Wildman–Crippen MR) is 81.4 cm³/mol. The van der Waals surface area contributed by atoms with Gasteiger partial charge in [0.2, 0.25) is 0 Å². The molecule has 0 saturated heterocycles. The topological polar surface area (TPSA) is 47.4 Å². The average Bonchev–Trinajstić information content (AvgIpc) is 2.83. The lowest BCUT2D eigenvalue weighted by Crippen LogP contribution is -2.17. The van der Waals surface area contributed by atoms with E-state index in [1.54, 1.807) is 24.8 Å². The van der Waals surface area contributed by atoms with E-state index in [9.17, 15) is 4.79 Å². The second kappa shape index (κ2) is 6.54. The lowest BCUT2D eigenvalue weighted by molar-refractivity contribution is 0.101. The molecule has 0 spiro atoms. The van der Waals surface area contributed by atoms with Crippen LogP contribution >= 0.6 is 0 Å². The first kappa shape index (κ1) is 15.3. The molecule has 0 N–H and O–H groups in total. The van der Waals surface area contributed by atoms with Gasteiger partial charge in [0.1, 0.15) is 5.75 Å². The first-order chi connectivity index (χ1) is 9.99. The Morgan fingerprint density at radius 1 is 1.38 bits per heavy atom. The highest BCUT2D eigenvalue weighted by Crippen LogP contribution is 2.22. The second-order valence-corrected chi connectivity index (χ2v) is 5.28. The van der Waals surface area contributed by atoms with Crippen LogP contribution in [0.2, 0.25) is 0 Å². The summed E-state index contributed by atoms with van der Waals surface area (Å²) < 4.78 is 7.17. The van der Waals surface area contributed by atoms with Crippen LogP contribution in [0.4, 0.5) is 0 Å². The molecule has 2 rings (SSSR count). The molecular formula is C16H21N3O2. The predicted octanol–water partition coefficient (Wildman–Crippen LogP) is 2.26. The van der Waals surface area contributed by atoms with E-state index in [0.29, 0.717) is 12.1 Å². The first-order valence-corrected chi connectivity index (χ1v) is 6.83. The number of nitrogens with zero attached hydrogens (tertiary/aromatic N) is 3. The van der Waals surface area contributed by atoms with Crippen molar-refractivity contribution >= 4 is 5.78 Å². The van der Waals surface area contributed by atoms with Gasteiger partial charge in [-0.3, -0.25) is 14.4 Å². The standard InChI is InChI=1S/C16H21N3O2/c1-12(20)14-5-6-16(21-4)15(7-14)11-18(2)9-13-8-17-19(3)10-13/h5-8,10H,9,11H2,1-4H3. The second-order valence-electron chi connectivity index (χ2n) is 5.28. The van der Waals surface area contributed by atoms with Crippen molar-refractivity contribution < 1.29 is 9.53 Å². The normalized spacial score (nSPS) is 10.9. The van der Waals surface area contributed by atoms with Crippen LogP contribution in [-0.4, -0.2) is 34.6 Å². The quantitative estimate of drug-likeness (QED) is 0.765. The molecule has 21 heavy (non-hydrogen) atoms. The molecule has 0 saturated carbocycles. The van der Waals surface area contributed by atoms with E-state index in [0.717, 1.165) is 23.4 Å². The maximum Gasteiger partial charge on any atom is 0.159 e. The lowest BCUT2D eigenvalue weighted by Gasteiger charge is -2.18. The van der Waals surface area contributed by atoms with Gasteiger partial charge < -0.3 is 4.74 Å². The van der Waals surface area contributed by atoms with Crippen molar-refractivity contribution in [2.45, 2.75) is 20.0 Å². The van der Waals surface area contributed by atoms with Crippen molar-refractivity contribution in [1.29, 1.82) is 0 Å². The monoisotopic (exact) mass is 287 g/mol. The summed E-state index contributed by atoms with van der Waals surface area (Å²) in [6, 6.07) is 5.55. The molecule has 112 valence electrons. The largest absolute Gasteiger partial charge is 0.496 e. The number of ketones is 1.